The van der Waals surface area contributed by atoms with Gasteiger partial charge in [-0.05, 0) is 6.92 Å². The number of nitrogen functional groups attached to an aromatic ring is 1. The summed E-state index contributed by atoms with van der Waals surface area (Å²) in [6, 6.07) is 20.0. The average Bonchev–Trinajstić information content (AvgIpc) is 2.51. The van der Waals surface area contributed by atoms with E-state index < -0.39 is 0 Å². The summed E-state index contributed by atoms with van der Waals surface area (Å²) in [7, 11) is 0. The molecule has 0 spiro atoms. The Morgan fingerprint density at radius 2 is 1.15 bits per heavy atom. The number of rotatable bonds is 2. The van der Waals surface area contributed by atoms with Crippen molar-refractivity contribution in [2.45, 2.75) is 6.92 Å². The van der Waals surface area contributed by atoms with Crippen LogP contribution in [0, 0.1) is 6.92 Å². The van der Waals surface area contributed by atoms with E-state index in [9.17, 15) is 0 Å². The van der Waals surface area contributed by atoms with Crippen molar-refractivity contribution in [2.24, 2.45) is 0 Å². The van der Waals surface area contributed by atoms with Crippen LogP contribution < -0.4 is 10.7 Å². The van der Waals surface area contributed by atoms with Gasteiger partial charge in [0.2, 0.25) is 0 Å². The van der Waals surface area contributed by atoms with Gasteiger partial charge in [0.1, 0.15) is 16.3 Å². The molecule has 0 saturated carbocycles. The molecule has 0 aliphatic carbocycles. The van der Waals surface area contributed by atoms with Gasteiger partial charge in [-0.3, -0.25) is 0 Å². The van der Waals surface area contributed by atoms with Crippen molar-refractivity contribution in [3.63, 3.8) is 0 Å². The molecule has 4 heteroatoms. The van der Waals surface area contributed by atoms with E-state index in [0.717, 1.165) is 33.0 Å². The summed E-state index contributed by atoms with van der Waals surface area (Å²) >= 11 is 0. The molecular formula is C16H15N4+. The van der Waals surface area contributed by atoms with E-state index in [1.165, 1.54) is 0 Å². The molecular weight excluding hydrogens is 248 g/mol. The van der Waals surface area contributed by atoms with Crippen molar-refractivity contribution in [1.29, 1.82) is 0 Å². The van der Waals surface area contributed by atoms with E-state index >= 15 is 0 Å². The molecule has 1 aromatic heterocycles. The van der Waals surface area contributed by atoms with Gasteiger partial charge in [0.15, 0.2) is 0 Å². The maximum atomic E-state index is 5.80. The van der Waals surface area contributed by atoms with E-state index in [2.05, 4.69) is 10.2 Å². The van der Waals surface area contributed by atoms with Crippen molar-refractivity contribution < 1.29 is 4.91 Å². The zero-order chi connectivity index (χ0) is 13.9. The second kappa shape index (κ2) is 5.09. The minimum absolute atomic E-state index is 0.849. The standard InChI is InChI=1S/C16H15N4/c1-12-15(13-8-4-2-5-9-13)18-20(17)19-16(12)14-10-6-3-7-11-14/h2-11H,1H3,(H2,17,18,19)/q+1. The van der Waals surface area contributed by atoms with Crippen molar-refractivity contribution >= 4 is 0 Å². The molecule has 0 unspecified atom stereocenters. The molecule has 0 aliphatic heterocycles. The SMILES string of the molecule is Cc1c(-c2ccccc2)n[n+](N)nc1-c1ccccc1. The fourth-order valence-corrected chi connectivity index (χ4v) is 2.23. The van der Waals surface area contributed by atoms with Crippen LogP contribution in [-0.2, 0) is 0 Å². The van der Waals surface area contributed by atoms with Crippen LogP contribution in [0.15, 0.2) is 60.7 Å². The Kier molecular flexibility index (Phi) is 3.13. The van der Waals surface area contributed by atoms with E-state index in [1.54, 1.807) is 0 Å². The lowest BCUT2D eigenvalue weighted by Gasteiger charge is -2.05. The second-order valence-electron chi connectivity index (χ2n) is 4.57. The summed E-state index contributed by atoms with van der Waals surface area (Å²) in [6.45, 7) is 2.02. The summed E-state index contributed by atoms with van der Waals surface area (Å²) in [4.78, 5) is 1.14. The van der Waals surface area contributed by atoms with Crippen molar-refractivity contribution in [3.05, 3.63) is 66.2 Å². The lowest BCUT2D eigenvalue weighted by atomic mass is 10.0. The largest absolute Gasteiger partial charge is 0.154 e. The van der Waals surface area contributed by atoms with Crippen molar-refractivity contribution in [2.75, 3.05) is 5.84 Å². The van der Waals surface area contributed by atoms with Crippen LogP contribution in [0.4, 0.5) is 0 Å². The number of nitrogens with two attached hydrogens (primary N) is 1. The first-order chi connectivity index (χ1) is 9.75. The van der Waals surface area contributed by atoms with Crippen LogP contribution in [0.5, 0.6) is 0 Å². The lowest BCUT2D eigenvalue weighted by molar-refractivity contribution is -0.756. The quantitative estimate of drug-likeness (QED) is 0.569. The Morgan fingerprint density at radius 3 is 1.55 bits per heavy atom. The Bertz CT molecular complexity index is 663. The van der Waals surface area contributed by atoms with E-state index in [4.69, 9.17) is 5.84 Å². The van der Waals surface area contributed by atoms with Gasteiger partial charge in [-0.1, -0.05) is 60.7 Å². The maximum Gasteiger partial charge on any atom is 0.149 e. The fourth-order valence-electron chi connectivity index (χ4n) is 2.23. The first-order valence-corrected chi connectivity index (χ1v) is 6.43. The Morgan fingerprint density at radius 1 is 0.750 bits per heavy atom. The van der Waals surface area contributed by atoms with Crippen LogP contribution in [-0.4, -0.2) is 10.2 Å². The van der Waals surface area contributed by atoms with Crippen LogP contribution in [0.3, 0.4) is 0 Å². The van der Waals surface area contributed by atoms with Gasteiger partial charge in [0, 0.05) is 16.7 Å². The van der Waals surface area contributed by atoms with Gasteiger partial charge in [0.25, 0.3) is 0 Å². The number of nitrogens with zero attached hydrogens (tertiary/aromatic N) is 3. The Hall–Kier alpha value is -2.75. The summed E-state index contributed by atoms with van der Waals surface area (Å²) in [5.41, 5.74) is 4.78. The van der Waals surface area contributed by atoms with Crippen molar-refractivity contribution in [1.82, 2.24) is 10.2 Å². The zero-order valence-electron chi connectivity index (χ0n) is 11.2. The summed E-state index contributed by atoms with van der Waals surface area (Å²) in [5.74, 6) is 5.80. The highest BCUT2D eigenvalue weighted by atomic mass is 15.6. The lowest BCUT2D eigenvalue weighted by Crippen LogP contribution is -2.52. The minimum atomic E-state index is 0.849. The molecule has 20 heavy (non-hydrogen) atoms. The highest BCUT2D eigenvalue weighted by molar-refractivity contribution is 5.71. The van der Waals surface area contributed by atoms with E-state index in [0.29, 0.717) is 0 Å². The summed E-state index contributed by atoms with van der Waals surface area (Å²) < 4.78 is 0. The third kappa shape index (κ3) is 2.23. The Labute approximate surface area is 117 Å². The highest BCUT2D eigenvalue weighted by Crippen LogP contribution is 2.26. The smallest absolute Gasteiger partial charge is 0.149 e. The summed E-state index contributed by atoms with van der Waals surface area (Å²) in [6.07, 6.45) is 0. The van der Waals surface area contributed by atoms with Gasteiger partial charge in [-0.15, -0.1) is 0 Å². The predicted molar refractivity (Wildman–Crippen MR) is 78.0 cm³/mol. The molecule has 0 amide bonds. The number of hydrogen-bond acceptors (Lipinski definition) is 3. The third-order valence-corrected chi connectivity index (χ3v) is 3.21. The fraction of sp³-hybridized carbons (Fsp3) is 0.0625. The molecule has 1 heterocycles. The van der Waals surface area contributed by atoms with Crippen LogP contribution in [0.2, 0.25) is 0 Å². The molecule has 3 rings (SSSR count). The predicted octanol–water partition coefficient (Wildman–Crippen LogP) is 2.12. The van der Waals surface area contributed by atoms with Crippen LogP contribution >= 0.6 is 0 Å². The van der Waals surface area contributed by atoms with Gasteiger partial charge < -0.3 is 0 Å². The molecule has 0 atom stereocenters. The molecule has 0 bridgehead atoms. The molecule has 2 N–H and O–H groups in total. The molecule has 0 radical (unpaired) electrons. The first kappa shape index (κ1) is 12.3. The third-order valence-electron chi connectivity index (χ3n) is 3.21. The second-order valence-corrected chi connectivity index (χ2v) is 4.57. The normalized spacial score (nSPS) is 10.4. The monoisotopic (exact) mass is 263 g/mol. The minimum Gasteiger partial charge on any atom is -0.154 e. The van der Waals surface area contributed by atoms with E-state index in [1.807, 2.05) is 67.6 Å². The van der Waals surface area contributed by atoms with Gasteiger partial charge in [-0.2, -0.15) is 5.84 Å². The van der Waals surface area contributed by atoms with Crippen LogP contribution in [0.1, 0.15) is 5.56 Å². The molecule has 4 nitrogen and oxygen atoms in total. The average molecular weight is 263 g/mol. The molecule has 2 aromatic carbocycles. The molecule has 0 fully saturated rings. The van der Waals surface area contributed by atoms with Crippen molar-refractivity contribution in [3.8, 4) is 22.5 Å². The zero-order valence-corrected chi connectivity index (χ0v) is 11.2. The molecule has 0 saturated heterocycles. The topological polar surface area (TPSA) is 55.7 Å². The first-order valence-electron chi connectivity index (χ1n) is 6.43. The van der Waals surface area contributed by atoms with Crippen LogP contribution in [0.25, 0.3) is 22.5 Å². The Balaban J connectivity index is 2.22. The summed E-state index contributed by atoms with van der Waals surface area (Å²) in [5, 5.41) is 8.62. The molecule has 0 aliphatic rings. The molecule has 3 aromatic rings. The number of benzene rings is 2. The van der Waals surface area contributed by atoms with Gasteiger partial charge in [-0.25, -0.2) is 0 Å². The van der Waals surface area contributed by atoms with E-state index in [-0.39, 0.29) is 0 Å². The number of aromatic nitrogens is 3. The highest BCUT2D eigenvalue weighted by Gasteiger charge is 2.18. The van der Waals surface area contributed by atoms with Gasteiger partial charge in [0.05, 0.1) is 10.2 Å². The van der Waals surface area contributed by atoms with Gasteiger partial charge >= 0.3 is 0 Å². The maximum absolute atomic E-state index is 5.80. The molecule has 98 valence electrons. The number of hydrogen-bond donors (Lipinski definition) is 1.